The fourth-order valence-electron chi connectivity index (χ4n) is 2.45. The highest BCUT2D eigenvalue weighted by atomic mass is 32.1. The predicted molar refractivity (Wildman–Crippen MR) is 72.3 cm³/mol. The lowest BCUT2D eigenvalue weighted by Crippen LogP contribution is -2.26. The molecule has 1 aromatic heterocycles. The number of anilines is 1. The lowest BCUT2D eigenvalue weighted by Gasteiger charge is -2.21. The van der Waals surface area contributed by atoms with Crippen LogP contribution in [0.1, 0.15) is 48.2 Å². The second-order valence-corrected chi connectivity index (χ2v) is 5.67. The lowest BCUT2D eigenvalue weighted by molar-refractivity contribution is 0.0955. The standard InChI is InChI=1S/C13H20N2OS/c14-11-7-9-17-12(11)13(16)15-8-6-10-4-2-1-3-5-10/h7,9-10H,1-6,8,14H2,(H,15,16). The maximum Gasteiger partial charge on any atom is 0.263 e. The van der Waals surface area contributed by atoms with E-state index in [-0.39, 0.29) is 5.91 Å². The van der Waals surface area contributed by atoms with E-state index in [9.17, 15) is 4.79 Å². The van der Waals surface area contributed by atoms with E-state index in [0.29, 0.717) is 10.6 Å². The van der Waals surface area contributed by atoms with Crippen molar-refractivity contribution in [1.29, 1.82) is 0 Å². The summed E-state index contributed by atoms with van der Waals surface area (Å²) in [4.78, 5) is 12.4. The molecule has 3 nitrogen and oxygen atoms in total. The first-order valence-corrected chi connectivity index (χ1v) is 7.26. The van der Waals surface area contributed by atoms with Crippen LogP contribution >= 0.6 is 11.3 Å². The van der Waals surface area contributed by atoms with Crippen LogP contribution in [0, 0.1) is 5.92 Å². The third-order valence-corrected chi connectivity index (χ3v) is 4.39. The molecule has 0 aromatic carbocycles. The minimum absolute atomic E-state index is 0.0201. The van der Waals surface area contributed by atoms with Crippen LogP contribution in [0.25, 0.3) is 0 Å². The minimum Gasteiger partial charge on any atom is -0.397 e. The van der Waals surface area contributed by atoms with Crippen molar-refractivity contribution >= 4 is 22.9 Å². The zero-order valence-corrected chi connectivity index (χ0v) is 10.9. The Kier molecular flexibility index (Phi) is 4.42. The Labute approximate surface area is 106 Å². The van der Waals surface area contributed by atoms with Gasteiger partial charge in [0.25, 0.3) is 5.91 Å². The number of carbonyl (C=O) groups is 1. The van der Waals surface area contributed by atoms with Crippen molar-refractivity contribution in [2.24, 2.45) is 5.92 Å². The first kappa shape index (κ1) is 12.4. The summed E-state index contributed by atoms with van der Waals surface area (Å²) in [6.45, 7) is 0.779. The fourth-order valence-corrected chi connectivity index (χ4v) is 3.18. The number of nitrogens with two attached hydrogens (primary N) is 1. The van der Waals surface area contributed by atoms with E-state index in [0.717, 1.165) is 18.9 Å². The van der Waals surface area contributed by atoms with Crippen LogP contribution in [0.3, 0.4) is 0 Å². The van der Waals surface area contributed by atoms with Gasteiger partial charge in [0, 0.05) is 6.54 Å². The Hall–Kier alpha value is -1.03. The monoisotopic (exact) mass is 252 g/mol. The largest absolute Gasteiger partial charge is 0.397 e. The molecule has 4 heteroatoms. The van der Waals surface area contributed by atoms with Crippen LogP contribution in [0.5, 0.6) is 0 Å². The van der Waals surface area contributed by atoms with Gasteiger partial charge in [-0.05, 0) is 23.8 Å². The highest BCUT2D eigenvalue weighted by molar-refractivity contribution is 7.12. The number of nitrogen functional groups attached to an aromatic ring is 1. The molecule has 0 bridgehead atoms. The third-order valence-electron chi connectivity index (χ3n) is 3.46. The summed E-state index contributed by atoms with van der Waals surface area (Å²) >= 11 is 1.41. The van der Waals surface area contributed by atoms with Gasteiger partial charge in [-0.1, -0.05) is 32.1 Å². The van der Waals surface area contributed by atoms with Gasteiger partial charge < -0.3 is 11.1 Å². The number of nitrogens with one attached hydrogen (secondary N) is 1. The SMILES string of the molecule is Nc1ccsc1C(=O)NCCC1CCCCC1. The second-order valence-electron chi connectivity index (χ2n) is 4.75. The van der Waals surface area contributed by atoms with Crippen molar-refractivity contribution in [2.75, 3.05) is 12.3 Å². The molecule has 0 radical (unpaired) electrons. The smallest absolute Gasteiger partial charge is 0.263 e. The van der Waals surface area contributed by atoms with Crippen LogP contribution in [0.4, 0.5) is 5.69 Å². The minimum atomic E-state index is -0.0201. The zero-order chi connectivity index (χ0) is 12.1. The number of carbonyl (C=O) groups excluding carboxylic acids is 1. The van der Waals surface area contributed by atoms with E-state index in [2.05, 4.69) is 5.32 Å². The topological polar surface area (TPSA) is 55.1 Å². The Balaban J connectivity index is 1.71. The second kappa shape index (κ2) is 6.05. The van der Waals surface area contributed by atoms with Gasteiger partial charge in [0.15, 0.2) is 0 Å². The number of rotatable bonds is 4. The molecule has 1 aliphatic carbocycles. The fraction of sp³-hybridized carbons (Fsp3) is 0.615. The molecule has 0 atom stereocenters. The molecule has 0 saturated heterocycles. The molecule has 1 amide bonds. The Bertz CT molecular complexity index is 369. The molecule has 2 rings (SSSR count). The van der Waals surface area contributed by atoms with Crippen LogP contribution in [0.15, 0.2) is 11.4 Å². The average molecular weight is 252 g/mol. The van der Waals surface area contributed by atoms with Gasteiger partial charge in [-0.25, -0.2) is 0 Å². The van der Waals surface area contributed by atoms with Crippen molar-refractivity contribution in [2.45, 2.75) is 38.5 Å². The summed E-state index contributed by atoms with van der Waals surface area (Å²) in [5.74, 6) is 0.790. The summed E-state index contributed by atoms with van der Waals surface area (Å²) in [6, 6.07) is 1.78. The van der Waals surface area contributed by atoms with Gasteiger partial charge in [0.2, 0.25) is 0 Å². The maximum absolute atomic E-state index is 11.8. The lowest BCUT2D eigenvalue weighted by atomic mass is 9.87. The highest BCUT2D eigenvalue weighted by Crippen LogP contribution is 2.26. The maximum atomic E-state index is 11.8. The number of hydrogen-bond donors (Lipinski definition) is 2. The number of amides is 1. The molecular weight excluding hydrogens is 232 g/mol. The summed E-state index contributed by atoms with van der Waals surface area (Å²) in [5.41, 5.74) is 6.29. The number of hydrogen-bond acceptors (Lipinski definition) is 3. The molecule has 0 aliphatic heterocycles. The Morgan fingerprint density at radius 3 is 2.82 bits per heavy atom. The van der Waals surface area contributed by atoms with E-state index in [1.54, 1.807) is 6.07 Å². The molecule has 3 N–H and O–H groups in total. The third kappa shape index (κ3) is 3.46. The molecule has 1 heterocycles. The molecule has 94 valence electrons. The molecule has 1 aromatic rings. The van der Waals surface area contributed by atoms with Crippen LogP contribution in [0.2, 0.25) is 0 Å². The normalized spacial score (nSPS) is 16.9. The quantitative estimate of drug-likeness (QED) is 0.865. The van der Waals surface area contributed by atoms with Gasteiger partial charge in [0.1, 0.15) is 4.88 Å². The van der Waals surface area contributed by atoms with Gasteiger partial charge in [0.05, 0.1) is 5.69 Å². The molecule has 1 aliphatic rings. The Morgan fingerprint density at radius 2 is 2.18 bits per heavy atom. The van der Waals surface area contributed by atoms with E-state index in [1.807, 2.05) is 5.38 Å². The van der Waals surface area contributed by atoms with E-state index in [1.165, 1.54) is 43.4 Å². The van der Waals surface area contributed by atoms with E-state index in [4.69, 9.17) is 5.73 Å². The summed E-state index contributed by atoms with van der Waals surface area (Å²) in [5, 5.41) is 4.82. The van der Waals surface area contributed by atoms with Gasteiger partial charge in [-0.2, -0.15) is 0 Å². The van der Waals surface area contributed by atoms with Crippen molar-refractivity contribution in [3.05, 3.63) is 16.3 Å². The molecule has 0 unspecified atom stereocenters. The molecule has 0 spiro atoms. The van der Waals surface area contributed by atoms with Crippen molar-refractivity contribution in [1.82, 2.24) is 5.32 Å². The molecule has 17 heavy (non-hydrogen) atoms. The van der Waals surface area contributed by atoms with Gasteiger partial charge in [-0.3, -0.25) is 4.79 Å². The number of thiophene rings is 1. The summed E-state index contributed by atoms with van der Waals surface area (Å²) < 4.78 is 0. The van der Waals surface area contributed by atoms with Crippen LogP contribution in [-0.4, -0.2) is 12.5 Å². The first-order chi connectivity index (χ1) is 8.27. The van der Waals surface area contributed by atoms with E-state index < -0.39 is 0 Å². The Morgan fingerprint density at radius 1 is 1.41 bits per heavy atom. The summed E-state index contributed by atoms with van der Waals surface area (Å²) in [7, 11) is 0. The molecule has 1 saturated carbocycles. The zero-order valence-electron chi connectivity index (χ0n) is 10.1. The molecule has 1 fully saturated rings. The predicted octanol–water partition coefficient (Wildman–Crippen LogP) is 3.03. The van der Waals surface area contributed by atoms with Crippen LogP contribution < -0.4 is 11.1 Å². The average Bonchev–Trinajstić information content (AvgIpc) is 2.77. The van der Waals surface area contributed by atoms with Crippen molar-refractivity contribution < 1.29 is 4.79 Å². The summed E-state index contributed by atoms with van der Waals surface area (Å²) in [6.07, 6.45) is 7.87. The molecular formula is C13H20N2OS. The first-order valence-electron chi connectivity index (χ1n) is 6.38. The van der Waals surface area contributed by atoms with E-state index >= 15 is 0 Å². The van der Waals surface area contributed by atoms with Crippen molar-refractivity contribution in [3.8, 4) is 0 Å². The van der Waals surface area contributed by atoms with Gasteiger partial charge in [-0.15, -0.1) is 11.3 Å². The van der Waals surface area contributed by atoms with Crippen LogP contribution in [-0.2, 0) is 0 Å². The van der Waals surface area contributed by atoms with Gasteiger partial charge >= 0.3 is 0 Å². The van der Waals surface area contributed by atoms with Crippen molar-refractivity contribution in [3.63, 3.8) is 0 Å². The highest BCUT2D eigenvalue weighted by Gasteiger charge is 2.14.